The normalized spacial score (nSPS) is 25.9. The Morgan fingerprint density at radius 3 is 2.35 bits per heavy atom. The molecule has 0 unspecified atom stereocenters. The molecule has 1 aromatic carbocycles. The molecule has 20 heavy (non-hydrogen) atoms. The molecular weight excluding hydrogens is 248 g/mol. The van der Waals surface area contributed by atoms with Gasteiger partial charge in [-0.2, -0.15) is 0 Å². The standard InChI is InChI=1S/C17H24N2O/c1-17(2,3)15-7-5-4-6-14(15)16(20)19-10-12-8-18-9-13(12)11-19/h4-7,12-13,18H,8-11H2,1-3H3/t12-,13+. The third kappa shape index (κ3) is 2.35. The van der Waals surface area contributed by atoms with Crippen molar-refractivity contribution in [2.75, 3.05) is 26.2 Å². The third-order valence-electron chi connectivity index (χ3n) is 4.64. The van der Waals surface area contributed by atoms with Gasteiger partial charge in [0.1, 0.15) is 0 Å². The SMILES string of the molecule is CC(C)(C)c1ccccc1C(=O)N1C[C@H]2CNC[C@H]2C1. The van der Waals surface area contributed by atoms with Crippen LogP contribution in [-0.4, -0.2) is 37.0 Å². The van der Waals surface area contributed by atoms with Crippen LogP contribution in [0.25, 0.3) is 0 Å². The highest BCUT2D eigenvalue weighted by Gasteiger charge is 2.39. The van der Waals surface area contributed by atoms with Gasteiger partial charge in [0.15, 0.2) is 0 Å². The van der Waals surface area contributed by atoms with Crippen LogP contribution >= 0.6 is 0 Å². The van der Waals surface area contributed by atoms with E-state index in [0.29, 0.717) is 11.8 Å². The summed E-state index contributed by atoms with van der Waals surface area (Å²) in [5.74, 6) is 1.52. The average Bonchev–Trinajstić information content (AvgIpc) is 2.97. The Hall–Kier alpha value is -1.35. The van der Waals surface area contributed by atoms with Gasteiger partial charge in [-0.15, -0.1) is 0 Å². The zero-order valence-corrected chi connectivity index (χ0v) is 12.6. The molecule has 0 spiro atoms. The molecule has 2 aliphatic heterocycles. The van der Waals surface area contributed by atoms with E-state index >= 15 is 0 Å². The van der Waals surface area contributed by atoms with E-state index in [-0.39, 0.29) is 11.3 Å². The third-order valence-corrected chi connectivity index (χ3v) is 4.64. The Balaban J connectivity index is 1.85. The van der Waals surface area contributed by atoms with Crippen molar-refractivity contribution in [3.05, 3.63) is 35.4 Å². The van der Waals surface area contributed by atoms with Gasteiger partial charge in [0.05, 0.1) is 0 Å². The number of amides is 1. The van der Waals surface area contributed by atoms with E-state index < -0.39 is 0 Å². The summed E-state index contributed by atoms with van der Waals surface area (Å²) >= 11 is 0. The maximum atomic E-state index is 12.9. The van der Waals surface area contributed by atoms with Gasteiger partial charge in [0.2, 0.25) is 0 Å². The summed E-state index contributed by atoms with van der Waals surface area (Å²) in [7, 11) is 0. The lowest BCUT2D eigenvalue weighted by molar-refractivity contribution is 0.0779. The van der Waals surface area contributed by atoms with Gasteiger partial charge in [0.25, 0.3) is 5.91 Å². The second kappa shape index (κ2) is 4.88. The zero-order valence-electron chi connectivity index (χ0n) is 12.6. The summed E-state index contributed by atoms with van der Waals surface area (Å²) < 4.78 is 0. The van der Waals surface area contributed by atoms with Crippen LogP contribution in [0.1, 0.15) is 36.7 Å². The van der Waals surface area contributed by atoms with Gasteiger partial charge in [0, 0.05) is 31.7 Å². The van der Waals surface area contributed by atoms with Gasteiger partial charge < -0.3 is 10.2 Å². The Labute approximate surface area is 121 Å². The van der Waals surface area contributed by atoms with Crippen LogP contribution in [0.2, 0.25) is 0 Å². The van der Waals surface area contributed by atoms with Crippen molar-refractivity contribution < 1.29 is 4.79 Å². The molecule has 0 saturated carbocycles. The fourth-order valence-electron chi connectivity index (χ4n) is 3.52. The van der Waals surface area contributed by atoms with Crippen molar-refractivity contribution >= 4 is 5.91 Å². The molecule has 108 valence electrons. The van der Waals surface area contributed by atoms with E-state index in [1.54, 1.807) is 0 Å². The van der Waals surface area contributed by atoms with Crippen LogP contribution in [-0.2, 0) is 5.41 Å². The van der Waals surface area contributed by atoms with Gasteiger partial charge in [-0.3, -0.25) is 4.79 Å². The maximum Gasteiger partial charge on any atom is 0.254 e. The summed E-state index contributed by atoms with van der Waals surface area (Å²) in [4.78, 5) is 14.9. The van der Waals surface area contributed by atoms with E-state index in [9.17, 15) is 4.79 Å². The Morgan fingerprint density at radius 2 is 1.75 bits per heavy atom. The molecule has 1 N–H and O–H groups in total. The van der Waals surface area contributed by atoms with Gasteiger partial charge in [-0.25, -0.2) is 0 Å². The highest BCUT2D eigenvalue weighted by molar-refractivity contribution is 5.96. The Morgan fingerprint density at radius 1 is 1.15 bits per heavy atom. The molecule has 3 nitrogen and oxygen atoms in total. The summed E-state index contributed by atoms with van der Waals surface area (Å²) in [5.41, 5.74) is 2.04. The lowest BCUT2D eigenvalue weighted by Crippen LogP contribution is -2.33. The van der Waals surface area contributed by atoms with Crippen LogP contribution in [0.3, 0.4) is 0 Å². The van der Waals surface area contributed by atoms with Crippen LogP contribution in [0.4, 0.5) is 0 Å². The van der Waals surface area contributed by atoms with Crippen molar-refractivity contribution in [2.45, 2.75) is 26.2 Å². The quantitative estimate of drug-likeness (QED) is 0.850. The number of carbonyl (C=O) groups is 1. The Bertz CT molecular complexity index is 506. The number of hydrogen-bond acceptors (Lipinski definition) is 2. The second-order valence-corrected chi connectivity index (χ2v) is 7.18. The fourth-order valence-corrected chi connectivity index (χ4v) is 3.52. The molecule has 0 aromatic heterocycles. The second-order valence-electron chi connectivity index (χ2n) is 7.18. The van der Waals surface area contributed by atoms with Gasteiger partial charge >= 0.3 is 0 Å². The number of fused-ring (bicyclic) bond motifs is 1. The number of hydrogen-bond donors (Lipinski definition) is 1. The minimum absolute atomic E-state index is 0.00338. The first-order valence-electron chi connectivity index (χ1n) is 7.56. The van der Waals surface area contributed by atoms with Crippen LogP contribution < -0.4 is 5.32 Å². The van der Waals surface area contributed by atoms with Crippen molar-refractivity contribution in [1.29, 1.82) is 0 Å². The molecule has 0 aliphatic carbocycles. The van der Waals surface area contributed by atoms with Gasteiger partial charge in [-0.1, -0.05) is 39.0 Å². The van der Waals surface area contributed by atoms with Crippen LogP contribution in [0, 0.1) is 11.8 Å². The average molecular weight is 272 g/mol. The predicted octanol–water partition coefficient (Wildman–Crippen LogP) is 2.28. The first-order valence-corrected chi connectivity index (χ1v) is 7.56. The number of benzene rings is 1. The van der Waals surface area contributed by atoms with E-state index in [1.165, 1.54) is 0 Å². The molecule has 2 heterocycles. The number of nitrogens with zero attached hydrogens (tertiary/aromatic N) is 1. The largest absolute Gasteiger partial charge is 0.338 e. The van der Waals surface area contributed by atoms with E-state index in [0.717, 1.165) is 37.3 Å². The predicted molar refractivity (Wildman–Crippen MR) is 80.9 cm³/mol. The van der Waals surface area contributed by atoms with Crippen molar-refractivity contribution in [3.8, 4) is 0 Å². The molecule has 0 radical (unpaired) electrons. The van der Waals surface area contributed by atoms with Gasteiger partial charge in [-0.05, 0) is 28.9 Å². The smallest absolute Gasteiger partial charge is 0.254 e. The molecule has 2 saturated heterocycles. The summed E-state index contributed by atoms with van der Waals surface area (Å²) in [6.07, 6.45) is 0. The maximum absolute atomic E-state index is 12.9. The molecule has 3 rings (SSSR count). The number of carbonyl (C=O) groups excluding carboxylic acids is 1. The summed E-state index contributed by atoms with van der Waals surface area (Å²) in [6.45, 7) is 10.5. The summed E-state index contributed by atoms with van der Waals surface area (Å²) in [6, 6.07) is 8.07. The zero-order chi connectivity index (χ0) is 14.3. The molecule has 2 fully saturated rings. The lowest BCUT2D eigenvalue weighted by atomic mass is 9.83. The van der Waals surface area contributed by atoms with Crippen LogP contribution in [0.5, 0.6) is 0 Å². The first kappa shape index (κ1) is 13.6. The monoisotopic (exact) mass is 272 g/mol. The number of nitrogens with one attached hydrogen (secondary N) is 1. The molecule has 1 amide bonds. The molecule has 1 aromatic rings. The van der Waals surface area contributed by atoms with Crippen molar-refractivity contribution in [2.24, 2.45) is 11.8 Å². The molecule has 3 heteroatoms. The first-order chi connectivity index (χ1) is 9.47. The van der Waals surface area contributed by atoms with E-state index in [1.807, 2.05) is 18.2 Å². The number of likely N-dealkylation sites (tertiary alicyclic amines) is 1. The minimum atomic E-state index is 0.00338. The molecule has 2 aliphatic rings. The van der Waals surface area contributed by atoms with E-state index in [2.05, 4.69) is 37.1 Å². The minimum Gasteiger partial charge on any atom is -0.338 e. The Kier molecular flexibility index (Phi) is 3.33. The van der Waals surface area contributed by atoms with Crippen LogP contribution in [0.15, 0.2) is 24.3 Å². The number of rotatable bonds is 1. The molecule has 0 bridgehead atoms. The summed E-state index contributed by atoms with van der Waals surface area (Å²) in [5, 5.41) is 3.42. The highest BCUT2D eigenvalue weighted by atomic mass is 16.2. The van der Waals surface area contributed by atoms with E-state index in [4.69, 9.17) is 0 Å². The molecular formula is C17H24N2O. The molecule has 2 atom stereocenters. The highest BCUT2D eigenvalue weighted by Crippen LogP contribution is 2.30. The van der Waals surface area contributed by atoms with Crippen molar-refractivity contribution in [1.82, 2.24) is 10.2 Å². The fraction of sp³-hybridized carbons (Fsp3) is 0.588. The topological polar surface area (TPSA) is 32.3 Å². The van der Waals surface area contributed by atoms with Crippen molar-refractivity contribution in [3.63, 3.8) is 0 Å². The lowest BCUT2D eigenvalue weighted by Gasteiger charge is -2.25.